The predicted octanol–water partition coefficient (Wildman–Crippen LogP) is 3.36. The maximum absolute atomic E-state index is 12.8. The molecule has 1 aromatic heterocycles. The molecule has 0 radical (unpaired) electrons. The predicted molar refractivity (Wildman–Crippen MR) is 135 cm³/mol. The molecule has 0 saturated carbocycles. The van der Waals surface area contributed by atoms with Gasteiger partial charge in [0, 0.05) is 49.2 Å². The first-order chi connectivity index (χ1) is 17.0. The third-order valence-corrected chi connectivity index (χ3v) is 6.28. The number of rotatable bonds is 6. The van der Waals surface area contributed by atoms with Crippen LogP contribution in [0.15, 0.2) is 60.8 Å². The van der Waals surface area contributed by atoms with Crippen LogP contribution in [0.3, 0.4) is 0 Å². The molecular weight excluding hydrogens is 444 g/mol. The molecule has 2 amide bonds. The number of hydrogen-bond acceptors (Lipinski definition) is 7. The van der Waals surface area contributed by atoms with E-state index in [1.165, 1.54) is 0 Å². The van der Waals surface area contributed by atoms with Gasteiger partial charge in [0.1, 0.15) is 0 Å². The molecule has 2 aromatic carbocycles. The molecule has 1 atom stereocenters. The number of carbonyl (C=O) groups excluding carboxylic acids is 2. The summed E-state index contributed by atoms with van der Waals surface area (Å²) in [5, 5.41) is 14.5. The first kappa shape index (κ1) is 22.8. The summed E-state index contributed by atoms with van der Waals surface area (Å²) in [6.07, 6.45) is 1.96. The molecule has 3 heterocycles. The Morgan fingerprint density at radius 2 is 1.71 bits per heavy atom. The zero-order valence-electron chi connectivity index (χ0n) is 19.6. The van der Waals surface area contributed by atoms with Crippen LogP contribution in [0.1, 0.15) is 12.0 Å². The number of nitrogens with one attached hydrogen (secondary N) is 2. The second-order valence-corrected chi connectivity index (χ2v) is 8.83. The van der Waals surface area contributed by atoms with E-state index in [1.54, 1.807) is 11.1 Å². The fourth-order valence-corrected chi connectivity index (χ4v) is 4.30. The minimum Gasteiger partial charge on any atom is -0.378 e. The number of ether oxygens (including phenoxy) is 1. The molecular formula is C26H28N6O3. The van der Waals surface area contributed by atoms with Gasteiger partial charge in [0.05, 0.1) is 31.0 Å². The summed E-state index contributed by atoms with van der Waals surface area (Å²) in [5.41, 5.74) is 4.46. The van der Waals surface area contributed by atoms with Crippen molar-refractivity contribution in [2.24, 2.45) is 5.92 Å². The van der Waals surface area contributed by atoms with E-state index in [4.69, 9.17) is 4.74 Å². The van der Waals surface area contributed by atoms with Crippen LogP contribution in [-0.2, 0) is 14.3 Å². The monoisotopic (exact) mass is 472 g/mol. The molecule has 0 spiro atoms. The zero-order valence-corrected chi connectivity index (χ0v) is 19.6. The summed E-state index contributed by atoms with van der Waals surface area (Å²) >= 11 is 0. The Labute approximate surface area is 204 Å². The van der Waals surface area contributed by atoms with E-state index in [1.807, 2.05) is 61.5 Å². The van der Waals surface area contributed by atoms with Crippen molar-refractivity contribution in [3.05, 3.63) is 66.4 Å². The summed E-state index contributed by atoms with van der Waals surface area (Å²) < 4.78 is 5.41. The fraction of sp³-hybridized carbons (Fsp3) is 0.308. The average molecular weight is 473 g/mol. The molecule has 2 saturated heterocycles. The number of morpholine rings is 1. The van der Waals surface area contributed by atoms with Gasteiger partial charge in [-0.05, 0) is 43.3 Å². The van der Waals surface area contributed by atoms with Crippen LogP contribution in [0.25, 0.3) is 0 Å². The van der Waals surface area contributed by atoms with E-state index in [2.05, 4.69) is 25.7 Å². The lowest BCUT2D eigenvalue weighted by Crippen LogP contribution is -2.36. The highest BCUT2D eigenvalue weighted by Gasteiger charge is 2.35. The van der Waals surface area contributed by atoms with Crippen LogP contribution in [0.4, 0.5) is 28.6 Å². The summed E-state index contributed by atoms with van der Waals surface area (Å²) in [4.78, 5) is 29.2. The van der Waals surface area contributed by atoms with Gasteiger partial charge in [0.25, 0.3) is 0 Å². The average Bonchev–Trinajstić information content (AvgIpc) is 3.28. The normalized spacial score (nSPS) is 18.0. The number of anilines is 5. The Morgan fingerprint density at radius 3 is 2.46 bits per heavy atom. The largest absolute Gasteiger partial charge is 0.378 e. The standard InChI is InChI=1S/C26H28N6O3/c1-18-2-8-22(9-3-18)32-17-19(14-25(32)33)26(34)29-21-6-4-20(5-7-21)28-24-15-23(16-27-30-24)31-10-12-35-13-11-31/h2-9,15-16,19H,10-14,17H2,1H3,(H,28,30)(H,29,34). The van der Waals surface area contributed by atoms with Crippen molar-refractivity contribution >= 4 is 40.4 Å². The van der Waals surface area contributed by atoms with Crippen LogP contribution in [0.5, 0.6) is 0 Å². The van der Waals surface area contributed by atoms with E-state index in [0.29, 0.717) is 31.3 Å². The summed E-state index contributed by atoms with van der Waals surface area (Å²) in [6, 6.07) is 17.1. The summed E-state index contributed by atoms with van der Waals surface area (Å²) in [7, 11) is 0. The maximum Gasteiger partial charge on any atom is 0.229 e. The molecule has 2 aliphatic heterocycles. The number of nitrogens with zero attached hydrogens (tertiary/aromatic N) is 4. The van der Waals surface area contributed by atoms with E-state index in [9.17, 15) is 9.59 Å². The minimum absolute atomic E-state index is 0.0334. The highest BCUT2D eigenvalue weighted by atomic mass is 16.5. The van der Waals surface area contributed by atoms with Crippen LogP contribution < -0.4 is 20.4 Å². The second kappa shape index (κ2) is 10.1. The molecule has 2 aliphatic rings. The van der Waals surface area contributed by atoms with Crippen LogP contribution >= 0.6 is 0 Å². The quantitative estimate of drug-likeness (QED) is 0.568. The lowest BCUT2D eigenvalue weighted by Gasteiger charge is -2.28. The Hall–Kier alpha value is -3.98. The Kier molecular flexibility index (Phi) is 6.58. The van der Waals surface area contributed by atoms with Crippen molar-refractivity contribution in [2.45, 2.75) is 13.3 Å². The summed E-state index contributed by atoms with van der Waals surface area (Å²) in [6.45, 7) is 5.45. The fourth-order valence-electron chi connectivity index (χ4n) is 4.30. The number of carbonyl (C=O) groups is 2. The molecule has 2 N–H and O–H groups in total. The highest BCUT2D eigenvalue weighted by Crippen LogP contribution is 2.27. The Bertz CT molecular complexity index is 1190. The minimum atomic E-state index is -0.389. The molecule has 5 rings (SSSR count). The molecule has 2 fully saturated rings. The van der Waals surface area contributed by atoms with E-state index in [-0.39, 0.29) is 24.2 Å². The van der Waals surface area contributed by atoms with E-state index in [0.717, 1.165) is 35.7 Å². The van der Waals surface area contributed by atoms with Gasteiger partial charge >= 0.3 is 0 Å². The lowest BCUT2D eigenvalue weighted by molar-refractivity contribution is -0.122. The van der Waals surface area contributed by atoms with Crippen LogP contribution in [-0.4, -0.2) is 54.9 Å². The molecule has 180 valence electrons. The Balaban J connectivity index is 1.18. The second-order valence-electron chi connectivity index (χ2n) is 8.83. The SMILES string of the molecule is Cc1ccc(N2CC(C(=O)Nc3ccc(Nc4cc(N5CCOCC5)cnn4)cc3)CC2=O)cc1. The molecule has 9 nitrogen and oxygen atoms in total. The van der Waals surface area contributed by atoms with Gasteiger partial charge in [-0.15, -0.1) is 5.10 Å². The topological polar surface area (TPSA) is 99.7 Å². The van der Waals surface area contributed by atoms with Gasteiger partial charge in [0.2, 0.25) is 11.8 Å². The number of aryl methyl sites for hydroxylation is 1. The van der Waals surface area contributed by atoms with Gasteiger partial charge in [-0.25, -0.2) is 0 Å². The van der Waals surface area contributed by atoms with Gasteiger partial charge < -0.3 is 25.2 Å². The first-order valence-electron chi connectivity index (χ1n) is 11.8. The van der Waals surface area contributed by atoms with Crippen molar-refractivity contribution in [3.8, 4) is 0 Å². The number of amides is 2. The van der Waals surface area contributed by atoms with Gasteiger partial charge in [-0.3, -0.25) is 9.59 Å². The Morgan fingerprint density at radius 1 is 1.00 bits per heavy atom. The zero-order chi connectivity index (χ0) is 24.2. The van der Waals surface area contributed by atoms with Crippen molar-refractivity contribution < 1.29 is 14.3 Å². The van der Waals surface area contributed by atoms with Crippen LogP contribution in [0, 0.1) is 12.8 Å². The maximum atomic E-state index is 12.8. The van der Waals surface area contributed by atoms with Crippen molar-refractivity contribution in [2.75, 3.05) is 53.3 Å². The molecule has 1 unspecified atom stereocenters. The van der Waals surface area contributed by atoms with Gasteiger partial charge in [-0.2, -0.15) is 5.10 Å². The van der Waals surface area contributed by atoms with Crippen molar-refractivity contribution in [1.29, 1.82) is 0 Å². The molecule has 3 aromatic rings. The van der Waals surface area contributed by atoms with Crippen molar-refractivity contribution in [3.63, 3.8) is 0 Å². The molecule has 0 bridgehead atoms. The number of aromatic nitrogens is 2. The highest BCUT2D eigenvalue weighted by molar-refractivity contribution is 6.03. The third kappa shape index (κ3) is 5.41. The smallest absolute Gasteiger partial charge is 0.229 e. The molecule has 35 heavy (non-hydrogen) atoms. The van der Waals surface area contributed by atoms with E-state index >= 15 is 0 Å². The first-order valence-corrected chi connectivity index (χ1v) is 11.8. The van der Waals surface area contributed by atoms with Crippen molar-refractivity contribution in [1.82, 2.24) is 10.2 Å². The summed E-state index contributed by atoms with van der Waals surface area (Å²) in [5.74, 6) is 0.0676. The number of hydrogen-bond donors (Lipinski definition) is 2. The lowest BCUT2D eigenvalue weighted by atomic mass is 10.1. The van der Waals surface area contributed by atoms with E-state index < -0.39 is 0 Å². The molecule has 9 heteroatoms. The third-order valence-electron chi connectivity index (χ3n) is 6.28. The number of benzene rings is 2. The molecule has 0 aliphatic carbocycles. The van der Waals surface area contributed by atoms with Gasteiger partial charge in [-0.1, -0.05) is 17.7 Å². The van der Waals surface area contributed by atoms with Crippen LogP contribution in [0.2, 0.25) is 0 Å². The van der Waals surface area contributed by atoms with Gasteiger partial charge in [0.15, 0.2) is 5.82 Å².